The third-order valence-corrected chi connectivity index (χ3v) is 15.0. The molecule has 0 aliphatic carbocycles. The molecule has 7 N–H and O–H groups in total. The number of hydrogen-bond acceptors (Lipinski definition) is 18. The zero-order valence-electron chi connectivity index (χ0n) is 43.0. The first-order valence-corrected chi connectivity index (χ1v) is 24.5. The number of nitrogens with one attached hydrogen (secondary N) is 1. The molecule has 1 aromatic carbocycles. The van der Waals surface area contributed by atoms with Gasteiger partial charge in [-0.15, -0.1) is 0 Å². The molecule has 20 heteroatoms. The van der Waals surface area contributed by atoms with Crippen molar-refractivity contribution < 1.29 is 73.6 Å². The first-order valence-electron chi connectivity index (χ1n) is 24.5. The van der Waals surface area contributed by atoms with Crippen molar-refractivity contribution >= 4 is 17.6 Å². The van der Waals surface area contributed by atoms with E-state index in [1.54, 1.807) is 74.7 Å². The Labute approximate surface area is 408 Å². The fourth-order valence-corrected chi connectivity index (χ4v) is 10.6. The third kappa shape index (κ3) is 14.6. The van der Waals surface area contributed by atoms with Crippen molar-refractivity contribution in [3.8, 4) is 0 Å². The normalized spacial score (nSPS) is 40.6. The molecule has 1 aromatic rings. The molecule has 3 saturated heterocycles. The number of ether oxygens (including phenoxy) is 6. The SMILES string of the molecule is CC[C@H]1OC(=O)[C@H](C)[C@@H](O[C@H]2C[C@@](C)(OC)[C@@H](O)[C@H](C)O2)[C@H](C)[C@@H](O[C@@H]2O[C@H](C)C[C@H](N(C)CCC(=O)N[C@H](CO)Cc3ccc([N+](=O)[O-])cc3)[C@H]2O)[C@](C)(O)C[C@@H](C)CN(C)[C@H](C)[C@@H](O)[C@]1(C)O. The number of hydrogen-bond donors (Lipinski definition) is 7. The summed E-state index contributed by atoms with van der Waals surface area (Å²) in [6.45, 7) is 17.4. The van der Waals surface area contributed by atoms with Crippen molar-refractivity contribution in [3.63, 3.8) is 0 Å². The molecule has 0 spiro atoms. The summed E-state index contributed by atoms with van der Waals surface area (Å²) in [4.78, 5) is 41.9. The van der Waals surface area contributed by atoms with Gasteiger partial charge in [0, 0.05) is 63.2 Å². The Kier molecular flexibility index (Phi) is 20.9. The zero-order chi connectivity index (χ0) is 51.9. The maximum Gasteiger partial charge on any atom is 0.311 e. The Bertz CT molecular complexity index is 1810. The number of non-ortho nitro benzene ring substituents is 1. The van der Waals surface area contributed by atoms with E-state index < -0.39 is 119 Å². The van der Waals surface area contributed by atoms with Gasteiger partial charge in [0.1, 0.15) is 30.0 Å². The molecule has 19 atom stereocenters. The van der Waals surface area contributed by atoms with E-state index >= 15 is 0 Å². The summed E-state index contributed by atoms with van der Waals surface area (Å²) < 4.78 is 38.0. The van der Waals surface area contributed by atoms with Crippen LogP contribution in [-0.4, -0.2) is 194 Å². The van der Waals surface area contributed by atoms with Crippen LogP contribution in [0.15, 0.2) is 24.3 Å². The van der Waals surface area contributed by atoms with E-state index in [0.717, 1.165) is 0 Å². The third-order valence-electron chi connectivity index (χ3n) is 15.0. The van der Waals surface area contributed by atoms with Gasteiger partial charge in [-0.05, 0) is 99.7 Å². The first-order chi connectivity index (χ1) is 32.1. The van der Waals surface area contributed by atoms with Crippen molar-refractivity contribution in [2.24, 2.45) is 17.8 Å². The Hall–Kier alpha value is -2.96. The van der Waals surface area contributed by atoms with Crippen LogP contribution in [0.4, 0.5) is 5.69 Å². The number of amides is 1. The van der Waals surface area contributed by atoms with E-state index in [-0.39, 0.29) is 62.8 Å². The van der Waals surface area contributed by atoms with Gasteiger partial charge in [-0.3, -0.25) is 19.7 Å². The largest absolute Gasteiger partial charge is 0.459 e. The van der Waals surface area contributed by atoms with Gasteiger partial charge < -0.3 is 74.2 Å². The summed E-state index contributed by atoms with van der Waals surface area (Å²) in [5, 5.41) is 83.3. The number of nitro benzene ring substituents is 1. The topological polar surface area (TPSA) is 273 Å². The maximum absolute atomic E-state index is 14.4. The molecule has 1 amide bonds. The highest BCUT2D eigenvalue weighted by atomic mass is 16.7. The van der Waals surface area contributed by atoms with Crippen molar-refractivity contribution in [3.05, 3.63) is 39.9 Å². The highest BCUT2D eigenvalue weighted by Crippen LogP contribution is 2.40. The molecule has 0 unspecified atom stereocenters. The number of benzene rings is 1. The monoisotopic (exact) mass is 985 g/mol. The lowest BCUT2D eigenvalue weighted by molar-refractivity contribution is -0.384. The highest BCUT2D eigenvalue weighted by Gasteiger charge is 2.53. The lowest BCUT2D eigenvalue weighted by Crippen LogP contribution is -2.61. The summed E-state index contributed by atoms with van der Waals surface area (Å²) in [5.74, 6) is -3.32. The quantitative estimate of drug-likeness (QED) is 0.0755. The molecule has 0 bridgehead atoms. The van der Waals surface area contributed by atoms with Crippen LogP contribution in [0.3, 0.4) is 0 Å². The first kappa shape index (κ1) is 58.6. The average Bonchev–Trinajstić information content (AvgIpc) is 3.29. The number of nitrogens with zero attached hydrogens (tertiary/aromatic N) is 3. The number of rotatable bonds is 15. The number of aliphatic hydroxyl groups is 6. The van der Waals surface area contributed by atoms with Crippen molar-refractivity contribution in [2.45, 2.75) is 204 Å². The lowest BCUT2D eigenvalue weighted by atomic mass is 9.77. The predicted molar refractivity (Wildman–Crippen MR) is 254 cm³/mol. The molecule has 3 aliphatic heterocycles. The second-order valence-electron chi connectivity index (χ2n) is 21.0. The summed E-state index contributed by atoms with van der Waals surface area (Å²) in [5.41, 5.74) is -4.01. The Morgan fingerprint density at radius 2 is 1.65 bits per heavy atom. The molecular formula is C49H84N4O16. The number of methoxy groups -OCH3 is 1. The molecule has 3 fully saturated rings. The number of cyclic esters (lactones) is 1. The van der Waals surface area contributed by atoms with E-state index in [2.05, 4.69) is 5.32 Å². The van der Waals surface area contributed by atoms with Crippen LogP contribution in [0.25, 0.3) is 0 Å². The van der Waals surface area contributed by atoms with E-state index in [1.165, 1.54) is 26.2 Å². The van der Waals surface area contributed by atoms with E-state index in [9.17, 15) is 50.3 Å². The minimum Gasteiger partial charge on any atom is -0.459 e. The lowest BCUT2D eigenvalue weighted by Gasteiger charge is -2.49. The predicted octanol–water partition coefficient (Wildman–Crippen LogP) is 2.29. The molecule has 20 nitrogen and oxygen atoms in total. The van der Waals surface area contributed by atoms with Gasteiger partial charge in [-0.25, -0.2) is 0 Å². The highest BCUT2D eigenvalue weighted by molar-refractivity contribution is 5.76. The van der Waals surface area contributed by atoms with Gasteiger partial charge >= 0.3 is 5.97 Å². The van der Waals surface area contributed by atoms with Gasteiger partial charge in [0.15, 0.2) is 12.6 Å². The van der Waals surface area contributed by atoms with Crippen LogP contribution >= 0.6 is 0 Å². The molecular weight excluding hydrogens is 901 g/mol. The van der Waals surface area contributed by atoms with Crippen LogP contribution in [0.2, 0.25) is 0 Å². The zero-order valence-corrected chi connectivity index (χ0v) is 43.0. The van der Waals surface area contributed by atoms with Crippen LogP contribution in [0.1, 0.15) is 107 Å². The number of likely N-dealkylation sites (N-methyl/N-ethyl adjacent to an activating group) is 2. The van der Waals surface area contributed by atoms with Crippen molar-refractivity contribution in [1.82, 2.24) is 15.1 Å². The summed E-state index contributed by atoms with van der Waals surface area (Å²) in [6.07, 6.45) is -9.64. The van der Waals surface area contributed by atoms with Gasteiger partial charge in [0.05, 0.1) is 59.1 Å². The number of aliphatic hydroxyl groups excluding tert-OH is 4. The van der Waals surface area contributed by atoms with Crippen molar-refractivity contribution in [2.75, 3.05) is 40.9 Å². The van der Waals surface area contributed by atoms with Gasteiger partial charge in [0.25, 0.3) is 5.69 Å². The van der Waals surface area contributed by atoms with Gasteiger partial charge in [-0.1, -0.05) is 32.9 Å². The number of carbonyl (C=O) groups excluding carboxylic acids is 2. The second kappa shape index (κ2) is 24.6. The minimum absolute atomic E-state index is 0.00984. The van der Waals surface area contributed by atoms with E-state index in [0.29, 0.717) is 18.5 Å². The smallest absolute Gasteiger partial charge is 0.311 e. The molecule has 3 heterocycles. The fourth-order valence-electron chi connectivity index (χ4n) is 10.6. The van der Waals surface area contributed by atoms with Crippen LogP contribution < -0.4 is 5.32 Å². The number of carbonyl (C=O) groups is 2. The van der Waals surface area contributed by atoms with Gasteiger partial charge in [-0.2, -0.15) is 0 Å². The van der Waals surface area contributed by atoms with Crippen LogP contribution in [0, 0.1) is 27.9 Å². The van der Waals surface area contributed by atoms with Crippen LogP contribution in [-0.2, 0) is 44.4 Å². The van der Waals surface area contributed by atoms with Gasteiger partial charge in [0.2, 0.25) is 5.91 Å². The van der Waals surface area contributed by atoms with Crippen molar-refractivity contribution in [1.29, 1.82) is 0 Å². The van der Waals surface area contributed by atoms with E-state index in [4.69, 9.17) is 28.4 Å². The molecule has 69 heavy (non-hydrogen) atoms. The Balaban J connectivity index is 1.66. The summed E-state index contributed by atoms with van der Waals surface area (Å²) in [6, 6.07) is 4.06. The molecule has 3 aliphatic rings. The Morgan fingerprint density at radius 1 is 1.01 bits per heavy atom. The summed E-state index contributed by atoms with van der Waals surface area (Å²) in [7, 11) is 5.05. The molecule has 0 radical (unpaired) electrons. The second-order valence-corrected chi connectivity index (χ2v) is 21.0. The van der Waals surface area contributed by atoms with E-state index in [1.807, 2.05) is 23.6 Å². The maximum atomic E-state index is 14.4. The standard InChI is InChI=1S/C49H84N4O16/c1-14-37-49(10,61)42(57)31(6)52(12)25-27(2)23-47(8,60)44(29(4)41(30(5)45(59)67-37)68-39-24-48(9,64-13)43(58)32(7)66-39)69-46-40(56)36(21-28(3)65-46)51(11)20-19-38(55)50-34(26-54)22-33-15-17-35(18-16-33)53(62)63/h15-18,27-32,34,36-37,39-44,46,54,56-58,60-61H,14,19-26H2,1-13H3,(H,50,55)/t27-,28-,29+,30-,31-,32+,34+,36+,37-,39+,40-,41+,42-,43+,44-,46+,47-,48-,49-/m1/s1. The minimum atomic E-state index is -1.86. The fraction of sp³-hybridized carbons (Fsp3) is 0.837. The molecule has 4 rings (SSSR count). The number of nitro groups is 1. The molecule has 0 aromatic heterocycles. The molecule has 0 saturated carbocycles. The number of esters is 1. The van der Waals surface area contributed by atoms with Crippen LogP contribution in [0.5, 0.6) is 0 Å². The summed E-state index contributed by atoms with van der Waals surface area (Å²) >= 11 is 0. The average molecular weight is 985 g/mol. The molecule has 396 valence electrons. The Morgan fingerprint density at radius 3 is 2.23 bits per heavy atom.